The molecule has 5 rings (SSSR count). The van der Waals surface area contributed by atoms with Gasteiger partial charge in [-0.3, -0.25) is 39.1 Å². The fourth-order valence-corrected chi connectivity index (χ4v) is 6.12. The summed E-state index contributed by atoms with van der Waals surface area (Å²) in [5, 5.41) is 6.28. The predicted octanol–water partition coefficient (Wildman–Crippen LogP) is 2.51. The van der Waals surface area contributed by atoms with Crippen molar-refractivity contribution in [1.29, 1.82) is 0 Å². The Bertz CT molecular complexity index is 1430. The Labute approximate surface area is 233 Å². The van der Waals surface area contributed by atoms with Crippen molar-refractivity contribution in [3.8, 4) is 0 Å². The molecule has 10 nitrogen and oxygen atoms in total. The van der Waals surface area contributed by atoms with Gasteiger partial charge in [-0.15, -0.1) is 0 Å². The number of nitrogens with one attached hydrogen (secondary N) is 2. The Morgan fingerprint density at radius 1 is 1.08 bits per heavy atom. The summed E-state index contributed by atoms with van der Waals surface area (Å²) in [5.74, 6) is -4.25. The largest absolute Gasteiger partial charge is 0.468 e. The molecule has 0 radical (unpaired) electrons. The van der Waals surface area contributed by atoms with E-state index >= 15 is 0 Å². The summed E-state index contributed by atoms with van der Waals surface area (Å²) in [7, 11) is 1.24. The van der Waals surface area contributed by atoms with Crippen molar-refractivity contribution in [2.24, 2.45) is 11.8 Å². The molecule has 0 bridgehead atoms. The minimum atomic E-state index is -1.45. The van der Waals surface area contributed by atoms with Crippen LogP contribution in [-0.2, 0) is 35.3 Å². The molecule has 2 fully saturated rings. The van der Waals surface area contributed by atoms with Crippen LogP contribution < -0.4 is 10.6 Å². The number of rotatable bonds is 7. The number of ether oxygens (including phenoxy) is 1. The van der Waals surface area contributed by atoms with Crippen molar-refractivity contribution in [2.75, 3.05) is 19.0 Å². The number of fused-ring (bicyclic) bond motifs is 1. The highest BCUT2D eigenvalue weighted by atomic mass is 79.9. The highest BCUT2D eigenvalue weighted by Gasteiger charge is 2.66. The third-order valence-corrected chi connectivity index (χ3v) is 8.11. The molecule has 0 saturated carbocycles. The molecular formula is C28H27BrN4O6. The molecule has 3 aliphatic rings. The fraction of sp³-hybridized carbons (Fsp3) is 0.321. The van der Waals surface area contributed by atoms with Crippen LogP contribution in [0.4, 0.5) is 5.69 Å². The quantitative estimate of drug-likeness (QED) is 0.370. The molecule has 2 aromatic carbocycles. The van der Waals surface area contributed by atoms with Gasteiger partial charge in [0.2, 0.25) is 11.8 Å². The van der Waals surface area contributed by atoms with E-state index in [4.69, 9.17) is 4.74 Å². The average Bonchev–Trinajstić information content (AvgIpc) is 3.49. The Morgan fingerprint density at radius 3 is 2.46 bits per heavy atom. The first-order valence-electron chi connectivity index (χ1n) is 12.5. The molecule has 2 saturated heterocycles. The minimum absolute atomic E-state index is 0.0776. The fourth-order valence-electron chi connectivity index (χ4n) is 5.74. The molecule has 39 heavy (non-hydrogen) atoms. The standard InChI is InChI=1S/C28H27BrN4O6/c1-4-32-25(36)21-22(26(32)37)28(2,27(38)39-3)31-23(21)17-12-16(29)10-11-18(17)30-19-13-20(34)33(24(19)35)14-15-8-6-5-7-9-15/h5-13,21-23,30-31H,4,14H2,1-3H3/t21-,22-,23-,28-/m1/s1. The lowest BCUT2D eigenvalue weighted by Gasteiger charge is -2.29. The average molecular weight is 595 g/mol. The number of nitrogens with zero attached hydrogens (tertiary/aromatic N) is 2. The number of esters is 1. The van der Waals surface area contributed by atoms with E-state index in [1.54, 1.807) is 32.0 Å². The Hall–Kier alpha value is -3.83. The van der Waals surface area contributed by atoms with Crippen LogP contribution in [0.5, 0.6) is 0 Å². The molecule has 0 aromatic heterocycles. The van der Waals surface area contributed by atoms with Crippen LogP contribution in [-0.4, -0.2) is 58.6 Å². The third-order valence-electron chi connectivity index (χ3n) is 7.62. The highest BCUT2D eigenvalue weighted by Crippen LogP contribution is 2.50. The van der Waals surface area contributed by atoms with E-state index < -0.39 is 47.1 Å². The number of likely N-dealkylation sites (tertiary alicyclic amines) is 1. The molecule has 2 N–H and O–H groups in total. The molecule has 3 heterocycles. The minimum Gasteiger partial charge on any atom is -0.468 e. The maximum absolute atomic E-state index is 13.4. The molecule has 0 aliphatic carbocycles. The van der Waals surface area contributed by atoms with Gasteiger partial charge < -0.3 is 10.1 Å². The monoisotopic (exact) mass is 594 g/mol. The highest BCUT2D eigenvalue weighted by molar-refractivity contribution is 9.10. The molecule has 2 aromatic rings. The van der Waals surface area contributed by atoms with Crippen molar-refractivity contribution in [1.82, 2.24) is 15.1 Å². The zero-order valence-corrected chi connectivity index (χ0v) is 23.2. The van der Waals surface area contributed by atoms with Crippen LogP contribution in [0.15, 0.2) is 64.8 Å². The number of amides is 4. The first-order valence-corrected chi connectivity index (χ1v) is 13.3. The van der Waals surface area contributed by atoms with Crippen LogP contribution in [0.25, 0.3) is 0 Å². The van der Waals surface area contributed by atoms with E-state index in [-0.39, 0.29) is 24.7 Å². The number of benzene rings is 2. The summed E-state index contributed by atoms with van der Waals surface area (Å²) < 4.78 is 5.71. The molecule has 4 atom stereocenters. The lowest BCUT2D eigenvalue weighted by molar-refractivity contribution is -0.153. The normalized spacial score (nSPS) is 26.3. The molecule has 4 amide bonds. The Kier molecular flexibility index (Phi) is 6.90. The van der Waals surface area contributed by atoms with E-state index in [1.165, 1.54) is 18.1 Å². The maximum atomic E-state index is 13.4. The van der Waals surface area contributed by atoms with Crippen molar-refractivity contribution < 1.29 is 28.7 Å². The zero-order chi connectivity index (χ0) is 28.1. The van der Waals surface area contributed by atoms with Gasteiger partial charge in [0.15, 0.2) is 0 Å². The van der Waals surface area contributed by atoms with E-state index in [0.717, 1.165) is 10.5 Å². The van der Waals surface area contributed by atoms with Crippen LogP contribution in [0.3, 0.4) is 0 Å². The lowest BCUT2D eigenvalue weighted by atomic mass is 9.80. The van der Waals surface area contributed by atoms with Crippen molar-refractivity contribution in [3.05, 3.63) is 75.9 Å². The number of imide groups is 2. The number of hydrogen-bond donors (Lipinski definition) is 2. The smallest absolute Gasteiger partial charge is 0.326 e. The first-order chi connectivity index (χ1) is 18.6. The van der Waals surface area contributed by atoms with E-state index in [1.807, 2.05) is 30.3 Å². The third kappa shape index (κ3) is 4.35. The van der Waals surface area contributed by atoms with Gasteiger partial charge in [-0.05, 0) is 43.2 Å². The second-order valence-corrected chi connectivity index (χ2v) is 10.8. The van der Waals surface area contributed by atoms with Crippen molar-refractivity contribution >= 4 is 51.2 Å². The number of carbonyl (C=O) groups excluding carboxylic acids is 5. The van der Waals surface area contributed by atoms with Crippen LogP contribution in [0, 0.1) is 11.8 Å². The van der Waals surface area contributed by atoms with Gasteiger partial charge in [-0.1, -0.05) is 46.3 Å². The molecule has 202 valence electrons. The lowest BCUT2D eigenvalue weighted by Crippen LogP contribution is -2.53. The number of methoxy groups -OCH3 is 1. The van der Waals surface area contributed by atoms with Crippen molar-refractivity contribution in [2.45, 2.75) is 32.0 Å². The summed E-state index contributed by atoms with van der Waals surface area (Å²) in [5.41, 5.74) is 0.437. The van der Waals surface area contributed by atoms with E-state index in [0.29, 0.717) is 15.7 Å². The maximum Gasteiger partial charge on any atom is 0.326 e. The molecule has 0 spiro atoms. The topological polar surface area (TPSA) is 125 Å². The zero-order valence-electron chi connectivity index (χ0n) is 21.6. The molecular weight excluding hydrogens is 568 g/mol. The van der Waals surface area contributed by atoms with Gasteiger partial charge in [0.05, 0.1) is 25.5 Å². The first kappa shape index (κ1) is 26.8. The van der Waals surface area contributed by atoms with Crippen LogP contribution in [0.2, 0.25) is 0 Å². The second kappa shape index (κ2) is 10.0. The summed E-state index contributed by atoms with van der Waals surface area (Å²) in [4.78, 5) is 67.8. The Morgan fingerprint density at radius 2 is 1.79 bits per heavy atom. The number of anilines is 1. The van der Waals surface area contributed by atoms with Gasteiger partial charge in [-0.25, -0.2) is 0 Å². The van der Waals surface area contributed by atoms with E-state index in [9.17, 15) is 24.0 Å². The van der Waals surface area contributed by atoms with Gasteiger partial charge >= 0.3 is 5.97 Å². The van der Waals surface area contributed by atoms with Gasteiger partial charge in [-0.2, -0.15) is 0 Å². The molecule has 11 heteroatoms. The number of carbonyl (C=O) groups is 5. The van der Waals surface area contributed by atoms with Gasteiger partial charge in [0.1, 0.15) is 11.2 Å². The van der Waals surface area contributed by atoms with E-state index in [2.05, 4.69) is 26.6 Å². The van der Waals surface area contributed by atoms with Crippen LogP contribution >= 0.6 is 15.9 Å². The van der Waals surface area contributed by atoms with Gasteiger partial charge in [0.25, 0.3) is 11.8 Å². The summed E-state index contributed by atoms with van der Waals surface area (Å²) in [6, 6.07) is 13.6. The van der Waals surface area contributed by atoms with Crippen molar-refractivity contribution in [3.63, 3.8) is 0 Å². The second-order valence-electron chi connectivity index (χ2n) is 9.87. The number of halogens is 1. The number of hydrogen-bond acceptors (Lipinski definition) is 8. The summed E-state index contributed by atoms with van der Waals surface area (Å²) in [6.07, 6.45) is 1.24. The Balaban J connectivity index is 1.49. The molecule has 3 aliphatic heterocycles. The SMILES string of the molecule is CCN1C(=O)[C@H]2[C@@H](c3cc(Br)ccc3NC3=CC(=O)N(Cc4ccccc4)C3=O)N[C@@](C)(C(=O)OC)[C@H]2C1=O. The van der Waals surface area contributed by atoms with Crippen LogP contribution in [0.1, 0.15) is 31.0 Å². The molecule has 0 unspecified atom stereocenters. The van der Waals surface area contributed by atoms with Gasteiger partial charge in [0, 0.05) is 28.8 Å². The summed E-state index contributed by atoms with van der Waals surface area (Å²) >= 11 is 3.47. The summed E-state index contributed by atoms with van der Waals surface area (Å²) in [6.45, 7) is 3.58. The predicted molar refractivity (Wildman–Crippen MR) is 144 cm³/mol.